The molecule has 4 N–H and O–H groups in total. The zero-order valence-electron chi connectivity index (χ0n) is 10.4. The molecule has 1 rings (SSSR count). The molecule has 1 aromatic rings. The number of benzene rings is 1. The fourth-order valence-corrected chi connectivity index (χ4v) is 1.37. The van der Waals surface area contributed by atoms with Crippen LogP contribution in [0.25, 0.3) is 0 Å². The van der Waals surface area contributed by atoms with Crippen LogP contribution >= 0.6 is 0 Å². The topological polar surface area (TPSA) is 75.3 Å². The van der Waals surface area contributed by atoms with Crippen LogP contribution in [0.1, 0.15) is 25.0 Å². The van der Waals surface area contributed by atoms with E-state index < -0.39 is 5.41 Å². The van der Waals surface area contributed by atoms with Crippen LogP contribution in [0.5, 0.6) is 0 Å². The van der Waals surface area contributed by atoms with Crippen molar-refractivity contribution in [2.24, 2.45) is 11.1 Å². The Morgan fingerprint density at radius 2 is 1.82 bits per heavy atom. The maximum atomic E-state index is 11.1. The standard InChI is InChI=1S/C13H20N2O2/c1-13(2,12(14)17)9-15-7-10-3-5-11(8-16)6-4-10/h3-6,15-16H,7-9H2,1-2H3,(H2,14,17). The highest BCUT2D eigenvalue weighted by molar-refractivity contribution is 5.80. The second-order valence-corrected chi connectivity index (χ2v) is 4.83. The Kier molecular flexibility index (Phi) is 4.66. The van der Waals surface area contributed by atoms with Gasteiger partial charge in [0.2, 0.25) is 5.91 Å². The molecule has 0 aliphatic rings. The van der Waals surface area contributed by atoms with Crippen molar-refractivity contribution in [3.05, 3.63) is 35.4 Å². The van der Waals surface area contributed by atoms with E-state index in [1.165, 1.54) is 0 Å². The molecule has 1 amide bonds. The highest BCUT2D eigenvalue weighted by Gasteiger charge is 2.23. The van der Waals surface area contributed by atoms with Gasteiger partial charge in [-0.05, 0) is 25.0 Å². The molecular formula is C13H20N2O2. The van der Waals surface area contributed by atoms with Gasteiger partial charge >= 0.3 is 0 Å². The molecule has 17 heavy (non-hydrogen) atoms. The van der Waals surface area contributed by atoms with Gasteiger partial charge in [0.15, 0.2) is 0 Å². The van der Waals surface area contributed by atoms with Crippen molar-refractivity contribution in [2.45, 2.75) is 27.0 Å². The summed E-state index contributed by atoms with van der Waals surface area (Å²) in [5.74, 6) is -0.305. The van der Waals surface area contributed by atoms with Gasteiger partial charge < -0.3 is 16.2 Å². The number of aliphatic hydroxyl groups is 1. The molecule has 0 fully saturated rings. The summed E-state index contributed by atoms with van der Waals surface area (Å²) in [6.07, 6.45) is 0. The van der Waals surface area contributed by atoms with E-state index in [-0.39, 0.29) is 12.5 Å². The number of nitrogens with two attached hydrogens (primary N) is 1. The molecule has 0 saturated carbocycles. The normalized spacial score (nSPS) is 11.5. The first-order valence-electron chi connectivity index (χ1n) is 5.65. The largest absolute Gasteiger partial charge is 0.392 e. The minimum absolute atomic E-state index is 0.0580. The third-order valence-corrected chi connectivity index (χ3v) is 2.77. The fourth-order valence-electron chi connectivity index (χ4n) is 1.37. The van der Waals surface area contributed by atoms with Crippen molar-refractivity contribution < 1.29 is 9.90 Å². The van der Waals surface area contributed by atoms with Crippen molar-refractivity contribution in [1.82, 2.24) is 5.32 Å². The lowest BCUT2D eigenvalue weighted by molar-refractivity contribution is -0.125. The number of rotatable bonds is 6. The number of hydrogen-bond acceptors (Lipinski definition) is 3. The lowest BCUT2D eigenvalue weighted by Crippen LogP contribution is -2.40. The van der Waals surface area contributed by atoms with E-state index in [1.54, 1.807) is 0 Å². The van der Waals surface area contributed by atoms with E-state index in [4.69, 9.17) is 10.8 Å². The van der Waals surface area contributed by atoms with Gasteiger partial charge in [-0.15, -0.1) is 0 Å². The molecule has 0 atom stereocenters. The maximum Gasteiger partial charge on any atom is 0.224 e. The lowest BCUT2D eigenvalue weighted by Gasteiger charge is -2.20. The van der Waals surface area contributed by atoms with Crippen LogP contribution in [-0.2, 0) is 17.9 Å². The summed E-state index contributed by atoms with van der Waals surface area (Å²) in [6, 6.07) is 7.68. The smallest absolute Gasteiger partial charge is 0.224 e. The fraction of sp³-hybridized carbons (Fsp3) is 0.462. The number of amides is 1. The minimum atomic E-state index is -0.537. The average molecular weight is 236 g/mol. The number of carbonyl (C=O) groups excluding carboxylic acids is 1. The van der Waals surface area contributed by atoms with Crippen LogP contribution in [0.3, 0.4) is 0 Å². The molecule has 4 nitrogen and oxygen atoms in total. The quantitative estimate of drug-likeness (QED) is 0.683. The third-order valence-electron chi connectivity index (χ3n) is 2.77. The Balaban J connectivity index is 2.43. The lowest BCUT2D eigenvalue weighted by atomic mass is 9.93. The van der Waals surface area contributed by atoms with E-state index in [0.29, 0.717) is 13.1 Å². The van der Waals surface area contributed by atoms with Crippen molar-refractivity contribution >= 4 is 5.91 Å². The van der Waals surface area contributed by atoms with Crippen LogP contribution in [0.2, 0.25) is 0 Å². The summed E-state index contributed by atoms with van der Waals surface area (Å²) in [4.78, 5) is 11.1. The van der Waals surface area contributed by atoms with Crippen LogP contribution in [-0.4, -0.2) is 17.6 Å². The Hall–Kier alpha value is -1.39. The van der Waals surface area contributed by atoms with Crippen LogP contribution in [0, 0.1) is 5.41 Å². The van der Waals surface area contributed by atoms with Gasteiger partial charge in [-0.1, -0.05) is 24.3 Å². The molecule has 0 unspecified atom stereocenters. The molecule has 94 valence electrons. The van der Waals surface area contributed by atoms with Crippen molar-refractivity contribution in [3.8, 4) is 0 Å². The molecule has 1 aromatic carbocycles. The molecule has 0 radical (unpaired) electrons. The van der Waals surface area contributed by atoms with E-state index >= 15 is 0 Å². The Labute approximate surface area is 102 Å². The zero-order chi connectivity index (χ0) is 12.9. The van der Waals surface area contributed by atoms with Gasteiger partial charge in [0.1, 0.15) is 0 Å². The number of carbonyl (C=O) groups is 1. The zero-order valence-corrected chi connectivity index (χ0v) is 10.4. The van der Waals surface area contributed by atoms with Gasteiger partial charge in [-0.3, -0.25) is 4.79 Å². The Morgan fingerprint density at radius 3 is 2.29 bits per heavy atom. The number of aliphatic hydroxyl groups excluding tert-OH is 1. The van der Waals surface area contributed by atoms with Gasteiger partial charge in [0.25, 0.3) is 0 Å². The first kappa shape index (κ1) is 13.7. The molecule has 0 aromatic heterocycles. The van der Waals surface area contributed by atoms with Crippen LogP contribution < -0.4 is 11.1 Å². The van der Waals surface area contributed by atoms with Crippen LogP contribution in [0.4, 0.5) is 0 Å². The SMILES string of the molecule is CC(C)(CNCc1ccc(CO)cc1)C(N)=O. The van der Waals surface area contributed by atoms with Crippen molar-refractivity contribution in [2.75, 3.05) is 6.54 Å². The predicted octanol–water partition coefficient (Wildman–Crippen LogP) is 0.780. The van der Waals surface area contributed by atoms with Gasteiger partial charge in [-0.25, -0.2) is 0 Å². The second-order valence-electron chi connectivity index (χ2n) is 4.83. The molecule has 0 spiro atoms. The van der Waals surface area contributed by atoms with Gasteiger partial charge in [0, 0.05) is 13.1 Å². The minimum Gasteiger partial charge on any atom is -0.392 e. The first-order chi connectivity index (χ1) is 7.95. The summed E-state index contributed by atoms with van der Waals surface area (Å²) in [5.41, 5.74) is 6.75. The predicted molar refractivity (Wildman–Crippen MR) is 67.0 cm³/mol. The monoisotopic (exact) mass is 236 g/mol. The van der Waals surface area contributed by atoms with E-state index in [9.17, 15) is 4.79 Å². The second kappa shape index (κ2) is 5.80. The van der Waals surface area contributed by atoms with Gasteiger partial charge in [-0.2, -0.15) is 0 Å². The molecular weight excluding hydrogens is 216 g/mol. The Bertz CT molecular complexity index is 372. The highest BCUT2D eigenvalue weighted by Crippen LogP contribution is 2.12. The molecule has 0 heterocycles. The number of primary amides is 1. The maximum absolute atomic E-state index is 11.1. The van der Waals surface area contributed by atoms with Crippen LogP contribution in [0.15, 0.2) is 24.3 Å². The van der Waals surface area contributed by atoms with Crippen molar-refractivity contribution in [3.63, 3.8) is 0 Å². The third kappa shape index (κ3) is 4.17. The number of nitrogens with one attached hydrogen (secondary N) is 1. The Morgan fingerprint density at radius 1 is 1.29 bits per heavy atom. The summed E-state index contributed by atoms with van der Waals surface area (Å²) in [6.45, 7) is 4.92. The average Bonchev–Trinajstić information content (AvgIpc) is 2.29. The van der Waals surface area contributed by atoms with E-state index in [0.717, 1.165) is 11.1 Å². The van der Waals surface area contributed by atoms with E-state index in [1.807, 2.05) is 38.1 Å². The molecule has 0 aliphatic heterocycles. The molecule has 4 heteroatoms. The summed E-state index contributed by atoms with van der Waals surface area (Å²) in [7, 11) is 0. The first-order valence-corrected chi connectivity index (χ1v) is 5.65. The number of hydrogen-bond donors (Lipinski definition) is 3. The van der Waals surface area contributed by atoms with Crippen molar-refractivity contribution in [1.29, 1.82) is 0 Å². The summed E-state index contributed by atoms with van der Waals surface area (Å²) < 4.78 is 0. The molecule has 0 aliphatic carbocycles. The molecule has 0 saturated heterocycles. The van der Waals surface area contributed by atoms with E-state index in [2.05, 4.69) is 5.32 Å². The molecule has 0 bridgehead atoms. The highest BCUT2D eigenvalue weighted by atomic mass is 16.3. The van der Waals surface area contributed by atoms with Gasteiger partial charge in [0.05, 0.1) is 12.0 Å². The summed E-state index contributed by atoms with van der Waals surface area (Å²) in [5, 5.41) is 12.1. The summed E-state index contributed by atoms with van der Waals surface area (Å²) >= 11 is 0.